The van der Waals surface area contributed by atoms with Gasteiger partial charge >= 0.3 is 0 Å². The van der Waals surface area contributed by atoms with Gasteiger partial charge in [0.2, 0.25) is 5.88 Å². The smallest absolute Gasteiger partial charge is 0.232 e. The summed E-state index contributed by atoms with van der Waals surface area (Å²) in [5.74, 6) is 0.411. The topological polar surface area (TPSA) is 42.4 Å². The number of nitrogens with zero attached hydrogens (tertiary/aromatic N) is 1. The van der Waals surface area contributed by atoms with E-state index in [9.17, 15) is 0 Å². The van der Waals surface area contributed by atoms with Crippen LogP contribution in [0, 0.1) is 0 Å². The molecule has 1 N–H and O–H groups in total. The summed E-state index contributed by atoms with van der Waals surface area (Å²) in [6, 6.07) is 1.65. The molecule has 0 aliphatic heterocycles. The van der Waals surface area contributed by atoms with Crippen molar-refractivity contribution >= 4 is 11.6 Å². The van der Waals surface area contributed by atoms with Crippen LogP contribution in [0.4, 0.5) is 0 Å². The van der Waals surface area contributed by atoms with Crippen LogP contribution >= 0.6 is 11.6 Å². The second-order valence-electron chi connectivity index (χ2n) is 2.96. The molecule has 4 heteroatoms. The number of hydrogen-bond acceptors (Lipinski definition) is 3. The molecule has 1 rings (SSSR count). The highest BCUT2D eigenvalue weighted by Crippen LogP contribution is 2.23. The first-order valence-corrected chi connectivity index (χ1v) is 4.43. The van der Waals surface area contributed by atoms with Gasteiger partial charge in [0.15, 0.2) is 0 Å². The van der Waals surface area contributed by atoms with Crippen LogP contribution < -0.4 is 4.74 Å². The van der Waals surface area contributed by atoms with E-state index in [1.807, 2.05) is 13.8 Å². The highest BCUT2D eigenvalue weighted by molar-refractivity contribution is 6.31. The van der Waals surface area contributed by atoms with Gasteiger partial charge in [-0.25, -0.2) is 4.98 Å². The van der Waals surface area contributed by atoms with Crippen molar-refractivity contribution in [3.63, 3.8) is 0 Å². The quantitative estimate of drug-likeness (QED) is 0.847. The van der Waals surface area contributed by atoms with E-state index in [1.165, 1.54) is 0 Å². The minimum atomic E-state index is -0.0608. The fourth-order valence-corrected chi connectivity index (χ4v) is 1.09. The van der Waals surface area contributed by atoms with Crippen molar-refractivity contribution in [1.29, 1.82) is 0 Å². The zero-order valence-corrected chi connectivity index (χ0v) is 8.38. The molecule has 0 bridgehead atoms. The van der Waals surface area contributed by atoms with Crippen LogP contribution in [0.2, 0.25) is 5.02 Å². The number of aliphatic hydroxyl groups is 1. The number of aliphatic hydroxyl groups excluding tert-OH is 1. The third-order valence-corrected chi connectivity index (χ3v) is 1.66. The monoisotopic (exact) mass is 217 g/mol. The Bertz CT molecular complexity index is 289. The fraction of sp³-hybridized carbons (Fsp3) is 0.500. The van der Waals surface area contributed by atoms with Crippen molar-refractivity contribution < 1.29 is 9.84 Å². The lowest BCUT2D eigenvalue weighted by Gasteiger charge is -2.10. The van der Waals surface area contributed by atoms with Crippen molar-refractivity contribution in [3.05, 3.63) is 22.8 Å². The summed E-state index contributed by atoms with van der Waals surface area (Å²) in [6.07, 6.45) is 1.59. The molecule has 0 atom stereocenters. The molecule has 0 saturated heterocycles. The average molecular weight is 218 g/mol. The first-order chi connectivity index (χ1) is 6.13. The Labute approximate surface area is 89.7 Å². The second-order valence-corrected chi connectivity index (χ2v) is 3.36. The van der Waals surface area contributed by atoms with Gasteiger partial charge in [0.05, 0.1) is 12.7 Å². The van der Waals surface area contributed by atoms with E-state index in [0.29, 0.717) is 16.5 Å². The van der Waals surface area contributed by atoms with E-state index in [-0.39, 0.29) is 20.1 Å². The predicted octanol–water partition coefficient (Wildman–Crippen LogP) is 2.65. The van der Waals surface area contributed by atoms with E-state index in [0.717, 1.165) is 0 Å². The molecule has 80 valence electrons. The molecule has 1 heterocycles. The fourth-order valence-electron chi connectivity index (χ4n) is 0.861. The summed E-state index contributed by atoms with van der Waals surface area (Å²) in [5, 5.41) is 9.23. The molecular weight excluding hydrogens is 202 g/mol. The van der Waals surface area contributed by atoms with E-state index < -0.39 is 0 Å². The molecule has 0 unspecified atom stereocenters. The molecule has 0 saturated carbocycles. The van der Waals surface area contributed by atoms with E-state index in [1.54, 1.807) is 12.3 Å². The van der Waals surface area contributed by atoms with E-state index >= 15 is 0 Å². The standard InChI is InChI=1S/C9H12ClNO2.CH4/c1-6(2)13-9-8(10)3-7(5-12)4-11-9;/h3-4,6,12H,5H2,1-2H3;1H4. The Morgan fingerprint density at radius 1 is 1.57 bits per heavy atom. The van der Waals surface area contributed by atoms with Gasteiger partial charge in [-0.2, -0.15) is 0 Å². The van der Waals surface area contributed by atoms with Crippen molar-refractivity contribution in [2.24, 2.45) is 0 Å². The number of ether oxygens (including phenoxy) is 1. The third-order valence-electron chi connectivity index (χ3n) is 1.39. The zero-order valence-electron chi connectivity index (χ0n) is 7.62. The lowest BCUT2D eigenvalue weighted by atomic mass is 10.3. The SMILES string of the molecule is C.CC(C)Oc1ncc(CO)cc1Cl. The third kappa shape index (κ3) is 3.52. The van der Waals surface area contributed by atoms with Gasteiger partial charge in [-0.1, -0.05) is 19.0 Å². The van der Waals surface area contributed by atoms with Crippen LogP contribution in [-0.2, 0) is 6.61 Å². The molecule has 0 radical (unpaired) electrons. The Kier molecular flexibility index (Phi) is 5.50. The molecule has 0 aliphatic rings. The number of halogens is 1. The largest absolute Gasteiger partial charge is 0.474 e. The van der Waals surface area contributed by atoms with Crippen LogP contribution in [0.3, 0.4) is 0 Å². The molecule has 0 aromatic carbocycles. The molecule has 1 aromatic rings. The van der Waals surface area contributed by atoms with Gasteiger partial charge in [-0.05, 0) is 25.5 Å². The summed E-state index contributed by atoms with van der Waals surface area (Å²) in [7, 11) is 0. The zero-order chi connectivity index (χ0) is 9.84. The first kappa shape index (κ1) is 13.2. The molecule has 3 nitrogen and oxygen atoms in total. The Morgan fingerprint density at radius 3 is 2.64 bits per heavy atom. The number of pyridine rings is 1. The maximum atomic E-state index is 8.80. The summed E-state index contributed by atoms with van der Waals surface area (Å²) in [4.78, 5) is 3.98. The first-order valence-electron chi connectivity index (χ1n) is 4.05. The second kappa shape index (κ2) is 5.83. The summed E-state index contributed by atoms with van der Waals surface area (Å²) in [6.45, 7) is 3.74. The highest BCUT2D eigenvalue weighted by Gasteiger charge is 2.05. The van der Waals surface area contributed by atoms with Crippen LogP contribution in [0.15, 0.2) is 12.3 Å². The van der Waals surface area contributed by atoms with Gasteiger partial charge in [0.1, 0.15) is 5.02 Å². The maximum absolute atomic E-state index is 8.80. The minimum Gasteiger partial charge on any atom is -0.474 e. The van der Waals surface area contributed by atoms with Crippen molar-refractivity contribution in [2.45, 2.75) is 34.0 Å². The Hall–Kier alpha value is -0.800. The Balaban J connectivity index is 0.00000169. The highest BCUT2D eigenvalue weighted by atomic mass is 35.5. The number of hydrogen-bond donors (Lipinski definition) is 1. The lowest BCUT2D eigenvalue weighted by Crippen LogP contribution is -2.07. The molecular formula is C10H16ClNO2. The van der Waals surface area contributed by atoms with Crippen molar-refractivity contribution in [3.8, 4) is 5.88 Å². The predicted molar refractivity (Wildman–Crippen MR) is 57.7 cm³/mol. The lowest BCUT2D eigenvalue weighted by molar-refractivity contribution is 0.232. The molecule has 0 spiro atoms. The van der Waals surface area contributed by atoms with Crippen molar-refractivity contribution in [1.82, 2.24) is 4.98 Å². The summed E-state index contributed by atoms with van der Waals surface area (Å²) >= 11 is 5.85. The van der Waals surface area contributed by atoms with Gasteiger partial charge in [-0.15, -0.1) is 0 Å². The van der Waals surface area contributed by atoms with Gasteiger partial charge < -0.3 is 9.84 Å². The maximum Gasteiger partial charge on any atom is 0.232 e. The van der Waals surface area contributed by atoms with Crippen LogP contribution in [0.25, 0.3) is 0 Å². The van der Waals surface area contributed by atoms with Crippen LogP contribution in [0.5, 0.6) is 5.88 Å². The van der Waals surface area contributed by atoms with E-state index in [2.05, 4.69) is 4.98 Å². The molecule has 0 amide bonds. The van der Waals surface area contributed by atoms with Gasteiger partial charge in [-0.3, -0.25) is 0 Å². The summed E-state index contributed by atoms with van der Waals surface area (Å²) in [5.41, 5.74) is 0.682. The van der Waals surface area contributed by atoms with E-state index in [4.69, 9.17) is 21.4 Å². The van der Waals surface area contributed by atoms with Gasteiger partial charge in [0, 0.05) is 6.20 Å². The minimum absolute atomic E-state index is 0. The average Bonchev–Trinajstić information content (AvgIpc) is 2.08. The van der Waals surface area contributed by atoms with Gasteiger partial charge in [0.25, 0.3) is 0 Å². The molecule has 14 heavy (non-hydrogen) atoms. The molecule has 0 aliphatic carbocycles. The van der Waals surface area contributed by atoms with Crippen LogP contribution in [0.1, 0.15) is 26.8 Å². The number of aromatic nitrogens is 1. The summed E-state index contributed by atoms with van der Waals surface area (Å²) < 4.78 is 5.32. The van der Waals surface area contributed by atoms with Crippen molar-refractivity contribution in [2.75, 3.05) is 0 Å². The number of rotatable bonds is 3. The van der Waals surface area contributed by atoms with Crippen LogP contribution in [-0.4, -0.2) is 16.2 Å². The molecule has 0 fully saturated rings. The molecule has 1 aromatic heterocycles. The Morgan fingerprint density at radius 2 is 2.21 bits per heavy atom. The normalized spacial score (nSPS) is 9.79.